The van der Waals surface area contributed by atoms with Gasteiger partial charge >= 0.3 is 6.09 Å². The van der Waals surface area contributed by atoms with E-state index >= 15 is 0 Å². The highest BCUT2D eigenvalue weighted by Gasteiger charge is 2.36. The Hall–Kier alpha value is -1.43. The van der Waals surface area contributed by atoms with Gasteiger partial charge in [0.25, 0.3) is 0 Å². The highest BCUT2D eigenvalue weighted by Crippen LogP contribution is 2.33. The number of hydrogen-bond acceptors (Lipinski definition) is 5. The lowest BCUT2D eigenvalue weighted by molar-refractivity contribution is -0.0400. The van der Waals surface area contributed by atoms with Crippen LogP contribution >= 0.6 is 11.8 Å². The summed E-state index contributed by atoms with van der Waals surface area (Å²) >= 11 is 1.79. The first kappa shape index (κ1) is 15.5. The maximum atomic E-state index is 11.9. The van der Waals surface area contributed by atoms with Gasteiger partial charge in [0.2, 0.25) is 0 Å². The average molecular weight is 322 g/mol. The van der Waals surface area contributed by atoms with Crippen LogP contribution < -0.4 is 0 Å². The van der Waals surface area contributed by atoms with Crippen LogP contribution in [-0.2, 0) is 9.47 Å². The molecule has 5 nitrogen and oxygen atoms in total. The van der Waals surface area contributed by atoms with Crippen molar-refractivity contribution in [1.82, 2.24) is 4.90 Å². The first-order valence-corrected chi connectivity index (χ1v) is 8.44. The summed E-state index contributed by atoms with van der Waals surface area (Å²) in [4.78, 5) is 18.1. The predicted octanol–water partition coefficient (Wildman–Crippen LogP) is 2.98. The van der Waals surface area contributed by atoms with Gasteiger partial charge in [-0.3, -0.25) is 4.99 Å². The molecule has 0 N–H and O–H groups in total. The smallest absolute Gasteiger partial charge is 0.410 e. The molecule has 0 radical (unpaired) electrons. The number of ether oxygens (including phenoxy) is 2. The lowest BCUT2D eigenvalue weighted by Gasteiger charge is -2.39. The first-order chi connectivity index (χ1) is 10.3. The van der Waals surface area contributed by atoms with Gasteiger partial charge in [-0.15, -0.1) is 11.8 Å². The van der Waals surface area contributed by atoms with Gasteiger partial charge in [-0.25, -0.2) is 4.79 Å². The van der Waals surface area contributed by atoms with Crippen LogP contribution in [0.3, 0.4) is 0 Å². The summed E-state index contributed by atoms with van der Waals surface area (Å²) in [5.41, 5.74) is -0.456. The third-order valence-electron chi connectivity index (χ3n) is 3.56. The third-order valence-corrected chi connectivity index (χ3v) is 4.72. The third kappa shape index (κ3) is 3.48. The van der Waals surface area contributed by atoms with Gasteiger partial charge in [-0.05, 0) is 39.8 Å². The number of amides is 1. The molecule has 3 rings (SSSR count). The van der Waals surface area contributed by atoms with Crippen molar-refractivity contribution >= 4 is 22.9 Å². The molecule has 0 unspecified atom stereocenters. The Bertz CT molecular complexity index is 556. The number of likely N-dealkylation sites (tertiary alicyclic amines) is 1. The van der Waals surface area contributed by atoms with Crippen LogP contribution in [0.4, 0.5) is 4.79 Å². The van der Waals surface area contributed by atoms with E-state index in [2.05, 4.69) is 17.1 Å². The van der Waals surface area contributed by atoms with Crippen molar-refractivity contribution in [3.63, 3.8) is 0 Å². The Morgan fingerprint density at radius 1 is 1.41 bits per heavy atom. The summed E-state index contributed by atoms with van der Waals surface area (Å²) < 4.78 is 11.3. The molecular formula is C16H22N2O3S. The van der Waals surface area contributed by atoms with Gasteiger partial charge < -0.3 is 14.4 Å². The standard InChI is InChI=1S/C16H22N2O3S/c1-10-17-13-7-11(5-6-14(13)22-10)20-12-8-18(9-12)15(19)21-16(2,3)4/h5-7,12-14H,8-9H2,1-4H3/t13-,14+/m1/s1. The molecular weight excluding hydrogens is 300 g/mol. The molecule has 2 atom stereocenters. The van der Waals surface area contributed by atoms with Crippen molar-refractivity contribution in [3.05, 3.63) is 24.0 Å². The van der Waals surface area contributed by atoms with Crippen molar-refractivity contribution in [3.8, 4) is 0 Å². The number of thioether (sulfide) groups is 1. The van der Waals surface area contributed by atoms with Crippen LogP contribution in [-0.4, -0.2) is 52.1 Å². The topological polar surface area (TPSA) is 51.1 Å². The zero-order valence-electron chi connectivity index (χ0n) is 13.4. The Balaban J connectivity index is 1.48. The summed E-state index contributed by atoms with van der Waals surface area (Å²) in [6.07, 6.45) is 6.00. The van der Waals surface area contributed by atoms with Gasteiger partial charge in [0.05, 0.1) is 29.4 Å². The van der Waals surface area contributed by atoms with E-state index in [-0.39, 0.29) is 18.2 Å². The van der Waals surface area contributed by atoms with E-state index in [4.69, 9.17) is 9.47 Å². The van der Waals surface area contributed by atoms with E-state index in [1.165, 1.54) is 0 Å². The predicted molar refractivity (Wildman–Crippen MR) is 88.2 cm³/mol. The van der Waals surface area contributed by atoms with Gasteiger partial charge in [0, 0.05) is 0 Å². The lowest BCUT2D eigenvalue weighted by Crippen LogP contribution is -2.55. The summed E-state index contributed by atoms with van der Waals surface area (Å²) in [5, 5.41) is 1.53. The molecule has 3 aliphatic rings. The summed E-state index contributed by atoms with van der Waals surface area (Å²) in [5.74, 6) is 0.856. The van der Waals surface area contributed by atoms with Gasteiger partial charge in [-0.1, -0.05) is 6.08 Å². The van der Waals surface area contributed by atoms with E-state index in [0.717, 1.165) is 10.8 Å². The van der Waals surface area contributed by atoms with Gasteiger partial charge in [-0.2, -0.15) is 0 Å². The van der Waals surface area contributed by atoms with Crippen LogP contribution in [0, 0.1) is 0 Å². The molecule has 1 amide bonds. The van der Waals surface area contributed by atoms with Crippen molar-refractivity contribution < 1.29 is 14.3 Å². The van der Waals surface area contributed by atoms with Crippen molar-refractivity contribution in [2.75, 3.05) is 13.1 Å². The first-order valence-electron chi connectivity index (χ1n) is 7.56. The minimum atomic E-state index is -0.456. The second kappa shape index (κ2) is 5.65. The number of aliphatic imine (C=N–C) groups is 1. The summed E-state index contributed by atoms with van der Waals surface area (Å²) in [6.45, 7) is 8.80. The molecule has 22 heavy (non-hydrogen) atoms. The normalized spacial score (nSPS) is 27.7. The Labute approximate surface area is 135 Å². The van der Waals surface area contributed by atoms with E-state index in [9.17, 15) is 4.79 Å². The van der Waals surface area contributed by atoms with Gasteiger partial charge in [0.1, 0.15) is 17.5 Å². The monoisotopic (exact) mass is 322 g/mol. The molecule has 2 heterocycles. The number of allylic oxidation sites excluding steroid dienone is 1. The second-order valence-corrected chi connectivity index (χ2v) is 8.15. The zero-order chi connectivity index (χ0) is 15.9. The van der Waals surface area contributed by atoms with Crippen LogP contribution in [0.1, 0.15) is 27.7 Å². The fraction of sp³-hybridized carbons (Fsp3) is 0.625. The van der Waals surface area contributed by atoms with Crippen LogP contribution in [0.2, 0.25) is 0 Å². The van der Waals surface area contributed by atoms with Crippen molar-refractivity contribution in [2.45, 2.75) is 50.7 Å². The van der Waals surface area contributed by atoms with E-state index in [1.54, 1.807) is 16.7 Å². The Morgan fingerprint density at radius 2 is 2.14 bits per heavy atom. The lowest BCUT2D eigenvalue weighted by atomic mass is 10.1. The molecule has 2 aliphatic heterocycles. The Morgan fingerprint density at radius 3 is 2.82 bits per heavy atom. The number of nitrogens with zero attached hydrogens (tertiary/aromatic N) is 2. The Kier molecular flexibility index (Phi) is 3.97. The molecule has 0 bridgehead atoms. The SMILES string of the molecule is CC1=N[C@@H]2C=C(OC3CN(C(=O)OC(C)(C)C)C3)C=C[C@@H]2S1. The highest BCUT2D eigenvalue weighted by molar-refractivity contribution is 8.14. The molecule has 1 aliphatic carbocycles. The highest BCUT2D eigenvalue weighted by atomic mass is 32.2. The maximum absolute atomic E-state index is 11.9. The minimum Gasteiger partial charge on any atom is -0.487 e. The van der Waals surface area contributed by atoms with Gasteiger partial charge in [0.15, 0.2) is 0 Å². The van der Waals surface area contributed by atoms with E-state index < -0.39 is 5.60 Å². The molecule has 1 saturated heterocycles. The quantitative estimate of drug-likeness (QED) is 0.784. The molecule has 0 saturated carbocycles. The number of rotatable bonds is 2. The minimum absolute atomic E-state index is 0.0408. The number of fused-ring (bicyclic) bond motifs is 1. The molecule has 120 valence electrons. The van der Waals surface area contributed by atoms with Crippen LogP contribution in [0.5, 0.6) is 0 Å². The fourth-order valence-corrected chi connectivity index (χ4v) is 3.55. The molecule has 0 spiro atoms. The second-order valence-electron chi connectivity index (χ2n) is 6.77. The van der Waals surface area contributed by atoms with E-state index in [0.29, 0.717) is 18.3 Å². The van der Waals surface area contributed by atoms with Crippen molar-refractivity contribution in [1.29, 1.82) is 0 Å². The molecule has 6 heteroatoms. The number of carbonyl (C=O) groups is 1. The molecule has 0 aromatic carbocycles. The van der Waals surface area contributed by atoms with E-state index in [1.807, 2.05) is 33.8 Å². The van der Waals surface area contributed by atoms with Crippen LogP contribution in [0.25, 0.3) is 0 Å². The summed E-state index contributed by atoms with van der Waals surface area (Å²) in [6, 6.07) is 0.187. The zero-order valence-corrected chi connectivity index (χ0v) is 14.2. The average Bonchev–Trinajstić information content (AvgIpc) is 2.70. The molecule has 0 aromatic rings. The molecule has 0 aromatic heterocycles. The fourth-order valence-electron chi connectivity index (χ4n) is 2.54. The molecule has 1 fully saturated rings. The maximum Gasteiger partial charge on any atom is 0.410 e. The van der Waals surface area contributed by atoms with Crippen molar-refractivity contribution in [2.24, 2.45) is 4.99 Å². The summed E-state index contributed by atoms with van der Waals surface area (Å²) in [7, 11) is 0. The number of hydrogen-bond donors (Lipinski definition) is 0. The van der Waals surface area contributed by atoms with Crippen LogP contribution in [0.15, 0.2) is 29.0 Å². The number of carbonyl (C=O) groups excluding carboxylic acids is 1. The largest absolute Gasteiger partial charge is 0.487 e.